The van der Waals surface area contributed by atoms with E-state index >= 15 is 0 Å². The van der Waals surface area contributed by atoms with Crippen LogP contribution in [0.2, 0.25) is 0 Å². The average molecular weight is 156 g/mol. The topological polar surface area (TPSA) is 0 Å². The highest BCUT2D eigenvalue weighted by Crippen LogP contribution is 2.34. The smallest absolute Gasteiger partial charge is 0.0329 e. The highest BCUT2D eigenvalue weighted by Gasteiger charge is 2.23. The van der Waals surface area contributed by atoms with Gasteiger partial charge in [-0.1, -0.05) is 48.0 Å². The van der Waals surface area contributed by atoms with E-state index < -0.39 is 0 Å². The first-order chi connectivity index (χ1) is 4.90. The fourth-order valence-electron chi connectivity index (χ4n) is 1.28. The minimum absolute atomic E-state index is 0.523. The minimum Gasteiger partial charge on any atom is -0.0651 e. The van der Waals surface area contributed by atoms with Gasteiger partial charge in [-0.25, -0.2) is 0 Å². The van der Waals surface area contributed by atoms with Gasteiger partial charge >= 0.3 is 0 Å². The molecule has 1 atom stereocenters. The van der Waals surface area contributed by atoms with Crippen molar-refractivity contribution in [2.45, 2.75) is 54.4 Å². The van der Waals surface area contributed by atoms with E-state index in [-0.39, 0.29) is 0 Å². The molecule has 0 saturated carbocycles. The Bertz CT molecular complexity index is 101. The summed E-state index contributed by atoms with van der Waals surface area (Å²) in [4.78, 5) is 0. The molecule has 0 radical (unpaired) electrons. The van der Waals surface area contributed by atoms with Gasteiger partial charge in [0, 0.05) is 0 Å². The normalized spacial score (nSPS) is 15.5. The van der Waals surface area contributed by atoms with Gasteiger partial charge in [0.1, 0.15) is 0 Å². The van der Waals surface area contributed by atoms with Crippen molar-refractivity contribution in [1.82, 2.24) is 0 Å². The maximum Gasteiger partial charge on any atom is -0.0329 e. The van der Waals surface area contributed by atoms with Gasteiger partial charge in [-0.3, -0.25) is 0 Å². The second kappa shape index (κ2) is 4.13. The van der Waals surface area contributed by atoms with Crippen LogP contribution in [0.4, 0.5) is 0 Å². The summed E-state index contributed by atoms with van der Waals surface area (Å²) in [5, 5.41) is 0. The zero-order valence-corrected chi connectivity index (χ0v) is 9.07. The summed E-state index contributed by atoms with van der Waals surface area (Å²) in [5.41, 5.74) is 0.523. The van der Waals surface area contributed by atoms with E-state index in [1.807, 2.05) is 0 Å². The molecule has 0 aliphatic carbocycles. The summed E-state index contributed by atoms with van der Waals surface area (Å²) in [7, 11) is 0. The van der Waals surface area contributed by atoms with Gasteiger partial charge in [-0.15, -0.1) is 0 Å². The molecule has 0 aliphatic rings. The summed E-state index contributed by atoms with van der Waals surface area (Å²) in [6.45, 7) is 14.0. The predicted molar refractivity (Wildman–Crippen MR) is 52.7 cm³/mol. The SMILES string of the molecule is CCC(C)CC(C)(C)C(C)C. The Labute approximate surface area is 72.4 Å². The molecule has 0 nitrogen and oxygen atoms in total. The van der Waals surface area contributed by atoms with Crippen molar-refractivity contribution < 1.29 is 0 Å². The van der Waals surface area contributed by atoms with Crippen molar-refractivity contribution >= 4 is 0 Å². The van der Waals surface area contributed by atoms with E-state index in [2.05, 4.69) is 41.5 Å². The van der Waals surface area contributed by atoms with E-state index in [1.165, 1.54) is 12.8 Å². The molecule has 0 bridgehead atoms. The average Bonchev–Trinajstić information content (AvgIpc) is 1.86. The fourth-order valence-corrected chi connectivity index (χ4v) is 1.28. The number of hydrogen-bond acceptors (Lipinski definition) is 0. The van der Waals surface area contributed by atoms with Gasteiger partial charge in [-0.2, -0.15) is 0 Å². The van der Waals surface area contributed by atoms with Crippen LogP contribution in [-0.2, 0) is 0 Å². The van der Waals surface area contributed by atoms with Gasteiger partial charge in [0.2, 0.25) is 0 Å². The molecule has 0 spiro atoms. The lowest BCUT2D eigenvalue weighted by Gasteiger charge is -2.31. The summed E-state index contributed by atoms with van der Waals surface area (Å²) in [6.07, 6.45) is 2.68. The molecule has 68 valence electrons. The summed E-state index contributed by atoms with van der Waals surface area (Å²) in [6, 6.07) is 0. The molecule has 0 heteroatoms. The molecule has 0 fully saturated rings. The lowest BCUT2D eigenvalue weighted by atomic mass is 9.74. The predicted octanol–water partition coefficient (Wildman–Crippen LogP) is 4.10. The van der Waals surface area contributed by atoms with E-state index in [9.17, 15) is 0 Å². The molecular weight excluding hydrogens is 132 g/mol. The summed E-state index contributed by atoms with van der Waals surface area (Å²) in [5.74, 6) is 1.68. The van der Waals surface area contributed by atoms with Crippen LogP contribution in [0.25, 0.3) is 0 Å². The minimum atomic E-state index is 0.523. The first kappa shape index (κ1) is 11.0. The maximum atomic E-state index is 2.38. The number of rotatable bonds is 4. The Balaban J connectivity index is 3.90. The molecular formula is C11H24. The van der Waals surface area contributed by atoms with Crippen LogP contribution >= 0.6 is 0 Å². The van der Waals surface area contributed by atoms with Crippen LogP contribution in [0, 0.1) is 17.3 Å². The van der Waals surface area contributed by atoms with Crippen molar-refractivity contribution in [3.63, 3.8) is 0 Å². The second-order valence-corrected chi connectivity index (χ2v) is 4.86. The quantitative estimate of drug-likeness (QED) is 0.574. The lowest BCUT2D eigenvalue weighted by Crippen LogP contribution is -2.21. The lowest BCUT2D eigenvalue weighted by molar-refractivity contribution is 0.191. The van der Waals surface area contributed by atoms with Gasteiger partial charge in [-0.05, 0) is 23.7 Å². The monoisotopic (exact) mass is 156 g/mol. The molecule has 0 aromatic rings. The van der Waals surface area contributed by atoms with Gasteiger partial charge in [0.05, 0.1) is 0 Å². The molecule has 0 N–H and O–H groups in total. The summed E-state index contributed by atoms with van der Waals surface area (Å²) >= 11 is 0. The molecule has 0 aliphatic heterocycles. The highest BCUT2D eigenvalue weighted by atomic mass is 14.3. The van der Waals surface area contributed by atoms with Crippen molar-refractivity contribution in [3.8, 4) is 0 Å². The van der Waals surface area contributed by atoms with Crippen molar-refractivity contribution in [2.75, 3.05) is 0 Å². The van der Waals surface area contributed by atoms with Crippen LogP contribution in [0.1, 0.15) is 54.4 Å². The Morgan fingerprint density at radius 1 is 1.09 bits per heavy atom. The van der Waals surface area contributed by atoms with Crippen LogP contribution < -0.4 is 0 Å². The highest BCUT2D eigenvalue weighted by molar-refractivity contribution is 4.74. The third kappa shape index (κ3) is 3.79. The van der Waals surface area contributed by atoms with Crippen LogP contribution in [-0.4, -0.2) is 0 Å². The fraction of sp³-hybridized carbons (Fsp3) is 1.00. The van der Waals surface area contributed by atoms with E-state index in [4.69, 9.17) is 0 Å². The second-order valence-electron chi connectivity index (χ2n) is 4.86. The van der Waals surface area contributed by atoms with E-state index in [0.717, 1.165) is 11.8 Å². The molecule has 0 aromatic carbocycles. The largest absolute Gasteiger partial charge is 0.0651 e. The van der Waals surface area contributed by atoms with Crippen molar-refractivity contribution in [3.05, 3.63) is 0 Å². The van der Waals surface area contributed by atoms with Crippen LogP contribution in [0.15, 0.2) is 0 Å². The number of hydrogen-bond donors (Lipinski definition) is 0. The van der Waals surface area contributed by atoms with Gasteiger partial charge in [0.15, 0.2) is 0 Å². The molecule has 0 amide bonds. The molecule has 0 saturated heterocycles. The Hall–Kier alpha value is 0. The van der Waals surface area contributed by atoms with Gasteiger partial charge < -0.3 is 0 Å². The Kier molecular flexibility index (Phi) is 4.13. The van der Waals surface area contributed by atoms with Crippen molar-refractivity contribution in [1.29, 1.82) is 0 Å². The summed E-state index contributed by atoms with van der Waals surface area (Å²) < 4.78 is 0. The molecule has 0 heterocycles. The van der Waals surface area contributed by atoms with E-state index in [1.54, 1.807) is 0 Å². The molecule has 11 heavy (non-hydrogen) atoms. The standard InChI is InChI=1S/C11H24/c1-7-10(4)8-11(5,6)9(2)3/h9-10H,7-8H2,1-6H3. The zero-order chi connectivity index (χ0) is 9.07. The first-order valence-electron chi connectivity index (χ1n) is 4.90. The third-order valence-electron chi connectivity index (χ3n) is 3.13. The van der Waals surface area contributed by atoms with Crippen LogP contribution in [0.3, 0.4) is 0 Å². The zero-order valence-electron chi connectivity index (χ0n) is 9.07. The molecule has 0 aromatic heterocycles. The van der Waals surface area contributed by atoms with E-state index in [0.29, 0.717) is 5.41 Å². The molecule has 0 rings (SSSR count). The molecule has 1 unspecified atom stereocenters. The third-order valence-corrected chi connectivity index (χ3v) is 3.13. The van der Waals surface area contributed by atoms with Crippen LogP contribution in [0.5, 0.6) is 0 Å². The maximum absolute atomic E-state index is 2.38. The Morgan fingerprint density at radius 2 is 1.55 bits per heavy atom. The Morgan fingerprint density at radius 3 is 1.82 bits per heavy atom. The first-order valence-corrected chi connectivity index (χ1v) is 4.90. The van der Waals surface area contributed by atoms with Gasteiger partial charge in [0.25, 0.3) is 0 Å². The van der Waals surface area contributed by atoms with Crippen molar-refractivity contribution in [2.24, 2.45) is 17.3 Å².